The van der Waals surface area contributed by atoms with Crippen LogP contribution in [0.3, 0.4) is 0 Å². The molecule has 0 saturated carbocycles. The number of aromatic nitrogens is 2. The summed E-state index contributed by atoms with van der Waals surface area (Å²) in [6.07, 6.45) is 1.75. The van der Waals surface area contributed by atoms with Crippen LogP contribution >= 0.6 is 11.3 Å². The van der Waals surface area contributed by atoms with Crippen LogP contribution < -0.4 is 5.32 Å². The van der Waals surface area contributed by atoms with Crippen LogP contribution in [0.5, 0.6) is 0 Å². The monoisotopic (exact) mass is 259 g/mol. The molecular formula is C13H10FN3S. The Hall–Kier alpha value is -2.01. The van der Waals surface area contributed by atoms with Gasteiger partial charge in [0.2, 0.25) is 0 Å². The molecule has 0 unspecified atom stereocenters. The molecule has 0 atom stereocenters. The predicted molar refractivity (Wildman–Crippen MR) is 71.8 cm³/mol. The van der Waals surface area contributed by atoms with Crippen LogP contribution in [0.2, 0.25) is 0 Å². The van der Waals surface area contributed by atoms with E-state index in [-0.39, 0.29) is 5.82 Å². The van der Waals surface area contributed by atoms with Crippen molar-refractivity contribution in [3.63, 3.8) is 0 Å². The number of nitrogens with one attached hydrogen (secondary N) is 1. The van der Waals surface area contributed by atoms with Crippen LogP contribution in [0, 0.1) is 12.7 Å². The second-order valence-electron chi connectivity index (χ2n) is 3.94. The second kappa shape index (κ2) is 4.34. The first kappa shape index (κ1) is 11.1. The van der Waals surface area contributed by atoms with E-state index in [1.54, 1.807) is 12.3 Å². The molecule has 0 fully saturated rings. The number of benzene rings is 1. The summed E-state index contributed by atoms with van der Waals surface area (Å²) in [4.78, 5) is 8.58. The summed E-state index contributed by atoms with van der Waals surface area (Å²) < 4.78 is 13.9. The summed E-state index contributed by atoms with van der Waals surface area (Å²) in [6.45, 7) is 1.93. The van der Waals surface area contributed by atoms with E-state index in [4.69, 9.17) is 0 Å². The zero-order chi connectivity index (χ0) is 12.5. The van der Waals surface area contributed by atoms with Gasteiger partial charge < -0.3 is 5.32 Å². The van der Waals surface area contributed by atoms with E-state index in [1.165, 1.54) is 23.5 Å². The lowest BCUT2D eigenvalue weighted by atomic mass is 10.3. The van der Waals surface area contributed by atoms with Gasteiger partial charge in [0, 0.05) is 5.69 Å². The molecule has 1 N–H and O–H groups in total. The van der Waals surface area contributed by atoms with Gasteiger partial charge in [-0.3, -0.25) is 4.98 Å². The lowest BCUT2D eigenvalue weighted by molar-refractivity contribution is 0.630. The van der Waals surface area contributed by atoms with Crippen LogP contribution in [-0.2, 0) is 0 Å². The zero-order valence-corrected chi connectivity index (χ0v) is 10.5. The van der Waals surface area contributed by atoms with Gasteiger partial charge in [0.1, 0.15) is 5.82 Å². The molecule has 3 rings (SSSR count). The van der Waals surface area contributed by atoms with Gasteiger partial charge in [-0.05, 0) is 37.3 Å². The maximum atomic E-state index is 13.1. The molecule has 0 aliphatic heterocycles. The fraction of sp³-hybridized carbons (Fsp3) is 0.0769. The third-order valence-corrected chi connectivity index (χ3v) is 3.45. The Kier molecular flexibility index (Phi) is 2.68. The van der Waals surface area contributed by atoms with Crippen molar-refractivity contribution in [2.75, 3.05) is 5.32 Å². The number of hydrogen-bond donors (Lipinski definition) is 1. The summed E-state index contributed by atoms with van der Waals surface area (Å²) in [5, 5.41) is 3.90. The van der Waals surface area contributed by atoms with Crippen LogP contribution in [0.25, 0.3) is 10.2 Å². The third-order valence-electron chi connectivity index (χ3n) is 2.51. The van der Waals surface area contributed by atoms with E-state index in [0.717, 1.165) is 26.7 Å². The van der Waals surface area contributed by atoms with Gasteiger partial charge in [0.05, 0.1) is 22.1 Å². The fourth-order valence-corrected chi connectivity index (χ4v) is 2.53. The highest BCUT2D eigenvalue weighted by Gasteiger charge is 2.05. The molecular weight excluding hydrogens is 249 g/mol. The minimum Gasteiger partial charge on any atom is -0.330 e. The summed E-state index contributed by atoms with van der Waals surface area (Å²) in [5.41, 5.74) is 2.64. The fourth-order valence-electron chi connectivity index (χ4n) is 1.62. The van der Waals surface area contributed by atoms with Crippen molar-refractivity contribution in [1.82, 2.24) is 9.97 Å². The molecule has 1 aromatic carbocycles. The van der Waals surface area contributed by atoms with E-state index in [1.807, 2.05) is 19.1 Å². The summed E-state index contributed by atoms with van der Waals surface area (Å²) in [5.74, 6) is -0.241. The van der Waals surface area contributed by atoms with Gasteiger partial charge in [-0.15, -0.1) is 0 Å². The maximum absolute atomic E-state index is 13.1. The molecule has 0 spiro atoms. The van der Waals surface area contributed by atoms with Crippen molar-refractivity contribution in [2.45, 2.75) is 6.92 Å². The van der Waals surface area contributed by atoms with Crippen LogP contribution in [0.4, 0.5) is 15.2 Å². The highest BCUT2D eigenvalue weighted by Crippen LogP contribution is 2.28. The smallest absolute Gasteiger partial charge is 0.188 e. The topological polar surface area (TPSA) is 37.8 Å². The number of aryl methyl sites for hydroxylation is 1. The largest absolute Gasteiger partial charge is 0.330 e. The molecule has 5 heteroatoms. The molecule has 0 bridgehead atoms. The summed E-state index contributed by atoms with van der Waals surface area (Å²) in [7, 11) is 0. The number of anilines is 2. The number of rotatable bonds is 2. The Balaban J connectivity index is 1.92. The van der Waals surface area contributed by atoms with Gasteiger partial charge in [0.25, 0.3) is 0 Å². The average molecular weight is 259 g/mol. The van der Waals surface area contributed by atoms with Crippen LogP contribution in [-0.4, -0.2) is 9.97 Å². The van der Waals surface area contributed by atoms with Gasteiger partial charge in [0.15, 0.2) is 5.13 Å². The number of nitrogens with zero attached hydrogens (tertiary/aromatic N) is 2. The normalized spacial score (nSPS) is 10.8. The zero-order valence-electron chi connectivity index (χ0n) is 9.64. The molecule has 0 radical (unpaired) electrons. The molecule has 0 amide bonds. The Morgan fingerprint density at radius 1 is 1.22 bits per heavy atom. The number of fused-ring (bicyclic) bond motifs is 1. The molecule has 3 nitrogen and oxygen atoms in total. The van der Waals surface area contributed by atoms with Crippen molar-refractivity contribution in [1.29, 1.82) is 0 Å². The predicted octanol–water partition coefficient (Wildman–Crippen LogP) is 3.88. The van der Waals surface area contributed by atoms with Crippen molar-refractivity contribution in [3.05, 3.63) is 48.0 Å². The lowest BCUT2D eigenvalue weighted by Gasteiger charge is -2.01. The van der Waals surface area contributed by atoms with Gasteiger partial charge in [-0.1, -0.05) is 11.3 Å². The molecule has 0 aliphatic carbocycles. The Labute approximate surface area is 107 Å². The molecule has 2 aromatic heterocycles. The van der Waals surface area contributed by atoms with E-state index < -0.39 is 0 Å². The van der Waals surface area contributed by atoms with E-state index >= 15 is 0 Å². The third kappa shape index (κ3) is 2.17. The van der Waals surface area contributed by atoms with Crippen LogP contribution in [0.15, 0.2) is 36.5 Å². The first-order valence-corrected chi connectivity index (χ1v) is 6.28. The number of halogens is 1. The van der Waals surface area contributed by atoms with E-state index in [2.05, 4.69) is 15.3 Å². The Morgan fingerprint density at radius 2 is 2.11 bits per heavy atom. The molecule has 18 heavy (non-hydrogen) atoms. The second-order valence-corrected chi connectivity index (χ2v) is 4.97. The van der Waals surface area contributed by atoms with Gasteiger partial charge in [-0.2, -0.15) is 0 Å². The molecule has 3 aromatic rings. The molecule has 0 saturated heterocycles. The van der Waals surface area contributed by atoms with Gasteiger partial charge in [-0.25, -0.2) is 9.37 Å². The highest BCUT2D eigenvalue weighted by atomic mass is 32.1. The number of thiazole rings is 1. The SMILES string of the molecule is Cc1ccc(Nc2nc3ccc(F)cc3s2)cn1. The Morgan fingerprint density at radius 3 is 2.89 bits per heavy atom. The molecule has 2 heterocycles. The minimum atomic E-state index is -0.241. The van der Waals surface area contributed by atoms with E-state index in [0.29, 0.717) is 0 Å². The number of hydrogen-bond acceptors (Lipinski definition) is 4. The first-order chi connectivity index (χ1) is 8.70. The number of pyridine rings is 1. The first-order valence-electron chi connectivity index (χ1n) is 5.46. The van der Waals surface area contributed by atoms with Crippen LogP contribution in [0.1, 0.15) is 5.69 Å². The van der Waals surface area contributed by atoms with Crippen molar-refractivity contribution in [3.8, 4) is 0 Å². The molecule has 90 valence electrons. The van der Waals surface area contributed by atoms with Crippen molar-refractivity contribution >= 4 is 32.4 Å². The van der Waals surface area contributed by atoms with Gasteiger partial charge >= 0.3 is 0 Å². The standard InChI is InChI=1S/C13H10FN3S/c1-8-2-4-10(7-15-8)16-13-17-11-5-3-9(14)6-12(11)18-13/h2-7H,1H3,(H,16,17). The maximum Gasteiger partial charge on any atom is 0.188 e. The van der Waals surface area contributed by atoms with E-state index in [9.17, 15) is 4.39 Å². The van der Waals surface area contributed by atoms with Crippen molar-refractivity contribution in [2.24, 2.45) is 0 Å². The lowest BCUT2D eigenvalue weighted by Crippen LogP contribution is -1.90. The quantitative estimate of drug-likeness (QED) is 0.758. The highest BCUT2D eigenvalue weighted by molar-refractivity contribution is 7.22. The minimum absolute atomic E-state index is 0.241. The summed E-state index contributed by atoms with van der Waals surface area (Å²) in [6, 6.07) is 8.45. The molecule has 0 aliphatic rings. The Bertz CT molecular complexity index is 691. The summed E-state index contributed by atoms with van der Waals surface area (Å²) >= 11 is 1.42. The average Bonchev–Trinajstić information content (AvgIpc) is 2.73. The van der Waals surface area contributed by atoms with Crippen molar-refractivity contribution < 1.29 is 4.39 Å².